The zero-order valence-electron chi connectivity index (χ0n) is 10.1. The second-order valence-corrected chi connectivity index (χ2v) is 4.44. The number of nitro benzene ring substituents is 1. The summed E-state index contributed by atoms with van der Waals surface area (Å²) in [4.78, 5) is 21.3. The number of amides is 1. The van der Waals surface area contributed by atoms with E-state index in [0.29, 0.717) is 18.5 Å². The minimum atomic E-state index is -0.393. The highest BCUT2D eigenvalue weighted by Crippen LogP contribution is 2.21. The standard InChI is InChI=1S/C12H15N3O3/c1-8-6-9(2-4-11(8)15(17)18)13-7-10-3-5-12(16)14-10/h2,4,6,10,13H,3,5,7H2,1H3,(H,14,16). The Morgan fingerprint density at radius 1 is 1.56 bits per heavy atom. The van der Waals surface area contributed by atoms with Gasteiger partial charge in [-0.15, -0.1) is 0 Å². The summed E-state index contributed by atoms with van der Waals surface area (Å²) in [7, 11) is 0. The second-order valence-electron chi connectivity index (χ2n) is 4.44. The quantitative estimate of drug-likeness (QED) is 0.627. The number of hydrogen-bond acceptors (Lipinski definition) is 4. The van der Waals surface area contributed by atoms with Gasteiger partial charge in [0.15, 0.2) is 0 Å². The summed E-state index contributed by atoms with van der Waals surface area (Å²) in [6.45, 7) is 2.35. The first-order valence-corrected chi connectivity index (χ1v) is 5.84. The number of nitrogens with one attached hydrogen (secondary N) is 2. The number of aryl methyl sites for hydroxylation is 1. The Balaban J connectivity index is 1.96. The molecule has 0 bridgehead atoms. The van der Waals surface area contributed by atoms with Gasteiger partial charge in [-0.05, 0) is 25.5 Å². The van der Waals surface area contributed by atoms with Crippen LogP contribution in [-0.2, 0) is 4.79 Å². The van der Waals surface area contributed by atoms with Crippen molar-refractivity contribution in [3.63, 3.8) is 0 Å². The summed E-state index contributed by atoms with van der Waals surface area (Å²) < 4.78 is 0. The predicted octanol–water partition coefficient (Wildman–Crippen LogP) is 1.59. The highest BCUT2D eigenvalue weighted by Gasteiger charge is 2.20. The van der Waals surface area contributed by atoms with Crippen molar-refractivity contribution in [1.82, 2.24) is 5.32 Å². The van der Waals surface area contributed by atoms with Crippen molar-refractivity contribution in [2.24, 2.45) is 0 Å². The molecular weight excluding hydrogens is 234 g/mol. The van der Waals surface area contributed by atoms with Gasteiger partial charge in [0.2, 0.25) is 5.91 Å². The molecule has 1 atom stereocenters. The van der Waals surface area contributed by atoms with E-state index in [9.17, 15) is 14.9 Å². The molecule has 1 aliphatic rings. The fraction of sp³-hybridized carbons (Fsp3) is 0.417. The largest absolute Gasteiger partial charge is 0.383 e. The maximum absolute atomic E-state index is 11.0. The zero-order chi connectivity index (χ0) is 13.1. The zero-order valence-corrected chi connectivity index (χ0v) is 10.1. The van der Waals surface area contributed by atoms with Gasteiger partial charge < -0.3 is 10.6 Å². The van der Waals surface area contributed by atoms with Crippen molar-refractivity contribution >= 4 is 17.3 Å². The Morgan fingerprint density at radius 2 is 2.33 bits per heavy atom. The number of anilines is 1. The lowest BCUT2D eigenvalue weighted by atomic mass is 10.1. The van der Waals surface area contributed by atoms with Crippen LogP contribution < -0.4 is 10.6 Å². The highest BCUT2D eigenvalue weighted by atomic mass is 16.6. The number of rotatable bonds is 4. The van der Waals surface area contributed by atoms with E-state index in [0.717, 1.165) is 12.1 Å². The Bertz CT molecular complexity index is 487. The topological polar surface area (TPSA) is 84.3 Å². The van der Waals surface area contributed by atoms with E-state index in [1.54, 1.807) is 19.1 Å². The van der Waals surface area contributed by atoms with Gasteiger partial charge in [-0.3, -0.25) is 14.9 Å². The van der Waals surface area contributed by atoms with Crippen molar-refractivity contribution in [2.45, 2.75) is 25.8 Å². The van der Waals surface area contributed by atoms with E-state index < -0.39 is 4.92 Å². The molecule has 0 saturated carbocycles. The molecule has 0 aromatic heterocycles. The number of carbonyl (C=O) groups excluding carboxylic acids is 1. The minimum Gasteiger partial charge on any atom is -0.383 e. The van der Waals surface area contributed by atoms with Crippen molar-refractivity contribution in [1.29, 1.82) is 0 Å². The van der Waals surface area contributed by atoms with Crippen molar-refractivity contribution in [3.05, 3.63) is 33.9 Å². The van der Waals surface area contributed by atoms with Crippen LogP contribution in [0.1, 0.15) is 18.4 Å². The van der Waals surface area contributed by atoms with Gasteiger partial charge in [-0.2, -0.15) is 0 Å². The molecule has 1 aromatic rings. The molecule has 1 unspecified atom stereocenters. The summed E-state index contributed by atoms with van der Waals surface area (Å²) in [6, 6.07) is 5.06. The normalized spacial score (nSPS) is 18.5. The number of benzene rings is 1. The number of nitrogens with zero attached hydrogens (tertiary/aromatic N) is 1. The Kier molecular flexibility index (Phi) is 3.45. The smallest absolute Gasteiger partial charge is 0.272 e. The lowest BCUT2D eigenvalue weighted by molar-refractivity contribution is -0.385. The van der Waals surface area contributed by atoms with E-state index in [2.05, 4.69) is 10.6 Å². The van der Waals surface area contributed by atoms with E-state index in [4.69, 9.17) is 0 Å². The number of nitro groups is 1. The van der Waals surface area contributed by atoms with Crippen LogP contribution in [0.25, 0.3) is 0 Å². The maximum Gasteiger partial charge on any atom is 0.272 e. The Labute approximate surface area is 105 Å². The molecule has 1 aromatic carbocycles. The average molecular weight is 249 g/mol. The molecule has 18 heavy (non-hydrogen) atoms. The summed E-state index contributed by atoms with van der Waals surface area (Å²) in [6.07, 6.45) is 1.41. The fourth-order valence-electron chi connectivity index (χ4n) is 2.04. The monoisotopic (exact) mass is 249 g/mol. The first-order valence-electron chi connectivity index (χ1n) is 5.84. The summed E-state index contributed by atoms with van der Waals surface area (Å²) in [5.41, 5.74) is 1.58. The van der Waals surface area contributed by atoms with Crippen LogP contribution in [0.3, 0.4) is 0 Å². The second kappa shape index (κ2) is 5.03. The number of carbonyl (C=O) groups is 1. The third-order valence-electron chi connectivity index (χ3n) is 3.03. The molecule has 0 aliphatic carbocycles. The number of hydrogen-bond donors (Lipinski definition) is 2. The first-order chi connectivity index (χ1) is 8.56. The SMILES string of the molecule is Cc1cc(NCC2CCC(=O)N2)ccc1[N+](=O)[O-]. The van der Waals surface area contributed by atoms with E-state index >= 15 is 0 Å². The molecule has 1 saturated heterocycles. The molecule has 0 spiro atoms. The van der Waals surface area contributed by atoms with Gasteiger partial charge in [-0.25, -0.2) is 0 Å². The first kappa shape index (κ1) is 12.3. The van der Waals surface area contributed by atoms with Crippen LogP contribution in [0.15, 0.2) is 18.2 Å². The van der Waals surface area contributed by atoms with Gasteiger partial charge in [-0.1, -0.05) is 0 Å². The maximum atomic E-state index is 11.0. The van der Waals surface area contributed by atoms with Crippen LogP contribution >= 0.6 is 0 Å². The summed E-state index contributed by atoms with van der Waals surface area (Å²) >= 11 is 0. The molecule has 1 heterocycles. The fourth-order valence-corrected chi connectivity index (χ4v) is 2.04. The Hall–Kier alpha value is -2.11. The van der Waals surface area contributed by atoms with Gasteiger partial charge in [0.05, 0.1) is 4.92 Å². The molecular formula is C12H15N3O3. The van der Waals surface area contributed by atoms with Crippen LogP contribution in [0.4, 0.5) is 11.4 Å². The third-order valence-corrected chi connectivity index (χ3v) is 3.03. The van der Waals surface area contributed by atoms with Crippen molar-refractivity contribution in [2.75, 3.05) is 11.9 Å². The molecule has 2 N–H and O–H groups in total. The predicted molar refractivity (Wildman–Crippen MR) is 67.5 cm³/mol. The average Bonchev–Trinajstić information content (AvgIpc) is 2.72. The van der Waals surface area contributed by atoms with Gasteiger partial charge in [0, 0.05) is 36.3 Å². The Morgan fingerprint density at radius 3 is 2.89 bits per heavy atom. The molecule has 1 fully saturated rings. The lowest BCUT2D eigenvalue weighted by Gasteiger charge is -2.12. The highest BCUT2D eigenvalue weighted by molar-refractivity contribution is 5.78. The van der Waals surface area contributed by atoms with Gasteiger partial charge >= 0.3 is 0 Å². The molecule has 0 radical (unpaired) electrons. The van der Waals surface area contributed by atoms with Crippen LogP contribution in [0, 0.1) is 17.0 Å². The van der Waals surface area contributed by atoms with E-state index in [1.807, 2.05) is 0 Å². The van der Waals surface area contributed by atoms with E-state index in [1.165, 1.54) is 6.07 Å². The van der Waals surface area contributed by atoms with Gasteiger partial charge in [0.1, 0.15) is 0 Å². The molecule has 1 aliphatic heterocycles. The molecule has 96 valence electrons. The summed E-state index contributed by atoms with van der Waals surface area (Å²) in [5, 5.41) is 16.7. The van der Waals surface area contributed by atoms with Crippen molar-refractivity contribution in [3.8, 4) is 0 Å². The molecule has 2 rings (SSSR count). The molecule has 6 nitrogen and oxygen atoms in total. The third kappa shape index (κ3) is 2.77. The van der Waals surface area contributed by atoms with Gasteiger partial charge in [0.25, 0.3) is 5.69 Å². The van der Waals surface area contributed by atoms with Crippen LogP contribution in [0.2, 0.25) is 0 Å². The molecule has 6 heteroatoms. The minimum absolute atomic E-state index is 0.0849. The molecule has 1 amide bonds. The van der Waals surface area contributed by atoms with Crippen LogP contribution in [0.5, 0.6) is 0 Å². The van der Waals surface area contributed by atoms with Crippen LogP contribution in [-0.4, -0.2) is 23.4 Å². The summed E-state index contributed by atoms with van der Waals surface area (Å²) in [5.74, 6) is 0.0849. The van der Waals surface area contributed by atoms with E-state index in [-0.39, 0.29) is 17.6 Å². The van der Waals surface area contributed by atoms with Crippen molar-refractivity contribution < 1.29 is 9.72 Å². The lowest BCUT2D eigenvalue weighted by Crippen LogP contribution is -2.31.